The average molecular weight is 366 g/mol. The summed E-state index contributed by atoms with van der Waals surface area (Å²) < 4.78 is 75.5. The van der Waals surface area contributed by atoms with Crippen molar-refractivity contribution in [2.24, 2.45) is 0 Å². The fourth-order valence-corrected chi connectivity index (χ4v) is 1.69. The Hall–Kier alpha value is -2.25. The lowest BCUT2D eigenvalue weighted by atomic mass is 10.2. The Kier molecular flexibility index (Phi) is 7.06. The summed E-state index contributed by atoms with van der Waals surface area (Å²) in [5, 5.41) is 0. The molecule has 6 nitrogen and oxygen atoms in total. The van der Waals surface area contributed by atoms with Crippen LogP contribution in [0.15, 0.2) is 6.07 Å². The van der Waals surface area contributed by atoms with E-state index in [0.29, 0.717) is 6.07 Å². The number of hydrogen-bond donors (Lipinski definition) is 0. The fourth-order valence-electron chi connectivity index (χ4n) is 1.42. The molecular formula is C14H13F3O6S. The van der Waals surface area contributed by atoms with Crippen molar-refractivity contribution < 1.29 is 40.0 Å². The van der Waals surface area contributed by atoms with Crippen molar-refractivity contribution in [2.45, 2.75) is 6.92 Å². The second-order valence-electron chi connectivity index (χ2n) is 4.19. The van der Waals surface area contributed by atoms with Gasteiger partial charge in [-0.1, -0.05) is 11.8 Å². The van der Waals surface area contributed by atoms with E-state index in [2.05, 4.69) is 25.5 Å². The highest BCUT2D eigenvalue weighted by Crippen LogP contribution is 2.27. The summed E-state index contributed by atoms with van der Waals surface area (Å²) in [6, 6.07) is 0.343. The first kappa shape index (κ1) is 19.8. The number of rotatable bonds is 6. The van der Waals surface area contributed by atoms with E-state index >= 15 is 0 Å². The number of hydrogen-bond acceptors (Lipinski definition) is 6. The van der Waals surface area contributed by atoms with Crippen LogP contribution in [0.4, 0.5) is 13.2 Å². The molecule has 0 saturated heterocycles. The molecule has 0 bridgehead atoms. The molecule has 132 valence electrons. The maximum atomic E-state index is 14.0. The Balaban J connectivity index is 2.77. The summed E-state index contributed by atoms with van der Waals surface area (Å²) >= 11 is 0. The highest BCUT2D eigenvalue weighted by molar-refractivity contribution is 7.86. The van der Waals surface area contributed by atoms with E-state index in [4.69, 9.17) is 0 Å². The summed E-state index contributed by atoms with van der Waals surface area (Å²) in [5.41, 5.74) is -0.855. The lowest BCUT2D eigenvalue weighted by Crippen LogP contribution is -2.12. The lowest BCUT2D eigenvalue weighted by molar-refractivity contribution is 0.0549. The smallest absolute Gasteiger partial charge is 0.342 e. The molecule has 0 aliphatic heterocycles. The third-order valence-corrected chi connectivity index (χ3v) is 2.92. The second kappa shape index (κ2) is 8.56. The van der Waals surface area contributed by atoms with E-state index in [1.54, 1.807) is 0 Å². The van der Waals surface area contributed by atoms with Crippen LogP contribution >= 0.6 is 0 Å². The van der Waals surface area contributed by atoms with E-state index in [1.807, 2.05) is 0 Å². The summed E-state index contributed by atoms with van der Waals surface area (Å²) in [4.78, 5) is 11.7. The molecule has 0 heterocycles. The quantitative estimate of drug-likeness (QED) is 0.330. The van der Waals surface area contributed by atoms with Gasteiger partial charge in [-0.05, 0) is 13.0 Å². The van der Waals surface area contributed by atoms with Crippen molar-refractivity contribution in [3.05, 3.63) is 29.1 Å². The van der Waals surface area contributed by atoms with Crippen LogP contribution in [0.3, 0.4) is 0 Å². The van der Waals surface area contributed by atoms with Gasteiger partial charge in [-0.15, -0.1) is 0 Å². The maximum absolute atomic E-state index is 14.0. The molecule has 0 N–H and O–H groups in total. The summed E-state index contributed by atoms with van der Waals surface area (Å²) in [6.07, 6.45) is 0.830. The van der Waals surface area contributed by atoms with Gasteiger partial charge in [0.1, 0.15) is 12.2 Å². The van der Waals surface area contributed by atoms with Crippen molar-refractivity contribution in [1.82, 2.24) is 0 Å². The Labute approximate surface area is 136 Å². The normalized spacial score (nSPS) is 10.7. The molecule has 0 aliphatic rings. The first-order chi connectivity index (χ1) is 11.2. The van der Waals surface area contributed by atoms with Gasteiger partial charge in [0.2, 0.25) is 5.82 Å². The van der Waals surface area contributed by atoms with Gasteiger partial charge >= 0.3 is 5.97 Å². The molecule has 0 spiro atoms. The second-order valence-corrected chi connectivity index (χ2v) is 5.84. The minimum absolute atomic E-state index is 0.141. The Morgan fingerprint density at radius 3 is 2.38 bits per heavy atom. The zero-order valence-electron chi connectivity index (χ0n) is 12.7. The SMILES string of the molecule is CCOc1c(F)c(F)cc(C(=O)OCC#CCOS(C)(=O)=O)c1F. The first-order valence-electron chi connectivity index (χ1n) is 6.45. The van der Waals surface area contributed by atoms with Gasteiger partial charge in [0.15, 0.2) is 24.0 Å². The third kappa shape index (κ3) is 5.75. The maximum Gasteiger partial charge on any atom is 0.342 e. The fraction of sp³-hybridized carbons (Fsp3) is 0.357. The molecule has 0 atom stereocenters. The van der Waals surface area contributed by atoms with E-state index < -0.39 is 58.1 Å². The van der Waals surface area contributed by atoms with E-state index in [-0.39, 0.29) is 6.61 Å². The largest absolute Gasteiger partial charge is 0.488 e. The molecule has 0 saturated carbocycles. The number of esters is 1. The van der Waals surface area contributed by atoms with Gasteiger partial charge in [-0.2, -0.15) is 12.8 Å². The zero-order valence-corrected chi connectivity index (χ0v) is 13.5. The van der Waals surface area contributed by atoms with Gasteiger partial charge in [-0.25, -0.2) is 13.6 Å². The van der Waals surface area contributed by atoms with Crippen LogP contribution in [0.1, 0.15) is 17.3 Å². The Morgan fingerprint density at radius 1 is 1.17 bits per heavy atom. The van der Waals surface area contributed by atoms with Crippen LogP contribution < -0.4 is 4.74 Å². The molecular weight excluding hydrogens is 353 g/mol. The van der Waals surface area contributed by atoms with Gasteiger partial charge in [0, 0.05) is 0 Å². The molecule has 1 rings (SSSR count). The van der Waals surface area contributed by atoms with Gasteiger partial charge in [-0.3, -0.25) is 4.18 Å². The van der Waals surface area contributed by atoms with Crippen molar-refractivity contribution in [3.8, 4) is 17.6 Å². The van der Waals surface area contributed by atoms with Gasteiger partial charge in [0.05, 0.1) is 12.9 Å². The van der Waals surface area contributed by atoms with Crippen LogP contribution in [-0.2, 0) is 19.0 Å². The molecule has 0 radical (unpaired) electrons. The predicted molar refractivity (Wildman–Crippen MR) is 76.3 cm³/mol. The van der Waals surface area contributed by atoms with Crippen LogP contribution in [0, 0.1) is 29.3 Å². The minimum Gasteiger partial charge on any atom is -0.488 e. The summed E-state index contributed by atoms with van der Waals surface area (Å²) in [6.45, 7) is 0.298. The molecule has 10 heteroatoms. The standard InChI is InChI=1S/C14H13F3O6S/c1-3-21-13-11(16)9(8-10(15)12(13)17)14(18)22-6-4-5-7-23-24(2,19)20/h8H,3,6-7H2,1-2H3. The topological polar surface area (TPSA) is 78.9 Å². The number of benzene rings is 1. The van der Waals surface area contributed by atoms with E-state index in [0.717, 1.165) is 6.26 Å². The molecule has 0 amide bonds. The Morgan fingerprint density at radius 2 is 1.79 bits per heavy atom. The molecule has 0 aliphatic carbocycles. The average Bonchev–Trinajstić information content (AvgIpc) is 2.49. The van der Waals surface area contributed by atoms with Crippen LogP contribution in [0.25, 0.3) is 0 Å². The molecule has 1 aromatic rings. The monoisotopic (exact) mass is 366 g/mol. The van der Waals surface area contributed by atoms with E-state index in [1.165, 1.54) is 6.92 Å². The van der Waals surface area contributed by atoms with Crippen LogP contribution in [0.5, 0.6) is 5.75 Å². The van der Waals surface area contributed by atoms with Crippen LogP contribution in [0.2, 0.25) is 0 Å². The van der Waals surface area contributed by atoms with E-state index in [9.17, 15) is 26.4 Å². The third-order valence-electron chi connectivity index (χ3n) is 2.37. The van der Waals surface area contributed by atoms with Crippen molar-refractivity contribution in [3.63, 3.8) is 0 Å². The molecule has 0 fully saturated rings. The lowest BCUT2D eigenvalue weighted by Gasteiger charge is -2.10. The molecule has 0 unspecified atom stereocenters. The van der Waals surface area contributed by atoms with Crippen LogP contribution in [-0.4, -0.2) is 40.5 Å². The summed E-state index contributed by atoms with van der Waals surface area (Å²) in [7, 11) is -3.65. The summed E-state index contributed by atoms with van der Waals surface area (Å²) in [5.74, 6) is -2.25. The number of carbonyl (C=O) groups is 1. The zero-order chi connectivity index (χ0) is 18.3. The molecule has 0 aromatic heterocycles. The molecule has 1 aromatic carbocycles. The van der Waals surface area contributed by atoms with Gasteiger partial charge in [0.25, 0.3) is 10.1 Å². The number of ether oxygens (including phenoxy) is 2. The minimum atomic E-state index is -3.65. The highest BCUT2D eigenvalue weighted by Gasteiger charge is 2.24. The number of halogens is 3. The van der Waals surface area contributed by atoms with Crippen molar-refractivity contribution >= 4 is 16.1 Å². The highest BCUT2D eigenvalue weighted by atomic mass is 32.2. The molecule has 24 heavy (non-hydrogen) atoms. The van der Waals surface area contributed by atoms with Gasteiger partial charge < -0.3 is 9.47 Å². The van der Waals surface area contributed by atoms with Crippen molar-refractivity contribution in [1.29, 1.82) is 0 Å². The predicted octanol–water partition coefficient (Wildman–Crippen LogP) is 1.64. The first-order valence-corrected chi connectivity index (χ1v) is 8.26. The van der Waals surface area contributed by atoms with Crippen molar-refractivity contribution in [2.75, 3.05) is 26.1 Å². The Bertz CT molecular complexity index is 780. The number of carbonyl (C=O) groups excluding carboxylic acids is 1.